The van der Waals surface area contributed by atoms with Crippen LogP contribution in [-0.2, 0) is 0 Å². The van der Waals surface area contributed by atoms with E-state index >= 15 is 0 Å². The molecule has 0 bridgehead atoms. The van der Waals surface area contributed by atoms with Gasteiger partial charge in [0.15, 0.2) is 0 Å². The summed E-state index contributed by atoms with van der Waals surface area (Å²) in [5, 5.41) is 0. The quantitative estimate of drug-likeness (QED) is 0.531. The summed E-state index contributed by atoms with van der Waals surface area (Å²) >= 11 is 0. The normalized spacial score (nSPS) is 61.0. The molecule has 0 radical (unpaired) electrons. The first kappa shape index (κ1) is 5.76. The van der Waals surface area contributed by atoms with Crippen molar-refractivity contribution in [2.45, 2.75) is 33.6 Å². The van der Waals surface area contributed by atoms with E-state index in [2.05, 4.69) is 20.8 Å². The molecule has 9 heavy (non-hydrogen) atoms. The second-order valence-electron chi connectivity index (χ2n) is 3.80. The van der Waals surface area contributed by atoms with Gasteiger partial charge in [0.25, 0.3) is 0 Å². The lowest BCUT2D eigenvalue weighted by Gasteiger charge is -2.11. The van der Waals surface area contributed by atoms with Crippen LogP contribution in [0.15, 0.2) is 0 Å². The molecule has 0 heterocycles. The van der Waals surface area contributed by atoms with Gasteiger partial charge < -0.3 is 0 Å². The van der Waals surface area contributed by atoms with Crippen molar-refractivity contribution in [2.24, 2.45) is 23.2 Å². The minimum Gasteiger partial charge on any atom is -0.0651 e. The van der Waals surface area contributed by atoms with Crippen LogP contribution < -0.4 is 0 Å². The van der Waals surface area contributed by atoms with Gasteiger partial charge >= 0.3 is 0 Å². The van der Waals surface area contributed by atoms with Gasteiger partial charge in [0.05, 0.1) is 0 Å². The summed E-state index contributed by atoms with van der Waals surface area (Å²) in [7, 11) is 0. The van der Waals surface area contributed by atoms with Gasteiger partial charge in [0, 0.05) is 0 Å². The van der Waals surface area contributed by atoms with Crippen LogP contribution in [0.25, 0.3) is 0 Å². The number of fused-ring (bicyclic) bond motifs is 1. The van der Waals surface area contributed by atoms with Gasteiger partial charge in [-0.25, -0.2) is 0 Å². The Bertz CT molecular complexity index is 133. The molecule has 0 nitrogen and oxygen atoms in total. The van der Waals surface area contributed by atoms with E-state index in [4.69, 9.17) is 0 Å². The fourth-order valence-corrected chi connectivity index (χ4v) is 3.29. The summed E-state index contributed by atoms with van der Waals surface area (Å²) in [6.07, 6.45) is 2.88. The minimum absolute atomic E-state index is 0.884. The summed E-state index contributed by atoms with van der Waals surface area (Å²) < 4.78 is 0. The van der Waals surface area contributed by atoms with E-state index in [1.807, 2.05) is 0 Å². The van der Waals surface area contributed by atoms with Gasteiger partial charge in [0.1, 0.15) is 0 Å². The summed E-state index contributed by atoms with van der Waals surface area (Å²) in [5.41, 5.74) is 0.884. The minimum atomic E-state index is 0.884. The molecule has 0 aromatic heterocycles. The molecule has 0 N–H and O–H groups in total. The molecular weight excluding hydrogens is 108 g/mol. The number of hydrogen-bond acceptors (Lipinski definition) is 0. The highest BCUT2D eigenvalue weighted by Gasteiger charge is 2.81. The Morgan fingerprint density at radius 3 is 2.11 bits per heavy atom. The van der Waals surface area contributed by atoms with Gasteiger partial charge in [-0.05, 0) is 29.6 Å². The molecule has 4 unspecified atom stereocenters. The highest BCUT2D eigenvalue weighted by atomic mass is 14.9. The molecule has 0 saturated heterocycles. The Kier molecular flexibility index (Phi) is 0.868. The van der Waals surface area contributed by atoms with E-state index < -0.39 is 0 Å². The zero-order chi connectivity index (χ0) is 6.65. The Morgan fingerprint density at radius 2 is 2.00 bits per heavy atom. The third-order valence-electron chi connectivity index (χ3n) is 3.96. The van der Waals surface area contributed by atoms with Gasteiger partial charge in [-0.2, -0.15) is 0 Å². The van der Waals surface area contributed by atoms with Crippen LogP contribution in [-0.4, -0.2) is 0 Å². The first-order chi connectivity index (χ1) is 4.29. The smallest absolute Gasteiger partial charge is 0.0206 e. The van der Waals surface area contributed by atoms with E-state index in [1.54, 1.807) is 0 Å². The molecule has 0 aromatic rings. The fraction of sp³-hybridized carbons (Fsp3) is 1.00. The SMILES string of the molecule is CCC1C2C(C)C12CC. The Labute approximate surface area is 57.6 Å². The second kappa shape index (κ2) is 1.36. The Balaban J connectivity index is 2.01. The van der Waals surface area contributed by atoms with Crippen LogP contribution in [0.3, 0.4) is 0 Å². The third kappa shape index (κ3) is 0.395. The van der Waals surface area contributed by atoms with Gasteiger partial charge in [-0.1, -0.05) is 27.2 Å². The molecule has 0 amide bonds. The molecule has 2 saturated carbocycles. The van der Waals surface area contributed by atoms with E-state index in [1.165, 1.54) is 12.8 Å². The second-order valence-corrected chi connectivity index (χ2v) is 3.80. The maximum absolute atomic E-state index is 2.42. The first-order valence-corrected chi connectivity index (χ1v) is 4.29. The fourth-order valence-electron chi connectivity index (χ4n) is 3.29. The molecule has 2 rings (SSSR count). The topological polar surface area (TPSA) is 0 Å². The molecule has 0 aromatic carbocycles. The zero-order valence-electron chi connectivity index (χ0n) is 6.65. The van der Waals surface area contributed by atoms with Crippen molar-refractivity contribution in [3.63, 3.8) is 0 Å². The lowest BCUT2D eigenvalue weighted by molar-refractivity contribution is 0.377. The molecule has 0 spiro atoms. The lowest BCUT2D eigenvalue weighted by atomic mass is 9.94. The molecular formula is C9H16. The highest BCUT2D eigenvalue weighted by Crippen LogP contribution is 2.86. The van der Waals surface area contributed by atoms with E-state index in [-0.39, 0.29) is 0 Å². The molecule has 2 fully saturated rings. The molecule has 52 valence electrons. The van der Waals surface area contributed by atoms with Crippen molar-refractivity contribution >= 4 is 0 Å². The highest BCUT2D eigenvalue weighted by molar-refractivity contribution is 5.28. The van der Waals surface area contributed by atoms with Gasteiger partial charge in [-0.3, -0.25) is 0 Å². The Morgan fingerprint density at radius 1 is 1.33 bits per heavy atom. The predicted molar refractivity (Wildman–Crippen MR) is 39.2 cm³/mol. The van der Waals surface area contributed by atoms with Crippen LogP contribution in [0.1, 0.15) is 33.6 Å². The van der Waals surface area contributed by atoms with Crippen molar-refractivity contribution in [2.75, 3.05) is 0 Å². The van der Waals surface area contributed by atoms with E-state index in [0.29, 0.717) is 0 Å². The van der Waals surface area contributed by atoms with Crippen LogP contribution in [0, 0.1) is 23.2 Å². The maximum atomic E-state index is 2.42. The molecule has 0 aliphatic heterocycles. The third-order valence-corrected chi connectivity index (χ3v) is 3.96. The van der Waals surface area contributed by atoms with Gasteiger partial charge in [-0.15, -0.1) is 0 Å². The van der Waals surface area contributed by atoms with Crippen molar-refractivity contribution in [3.8, 4) is 0 Å². The summed E-state index contributed by atoms with van der Waals surface area (Å²) in [5.74, 6) is 3.39. The van der Waals surface area contributed by atoms with Crippen LogP contribution in [0.2, 0.25) is 0 Å². The largest absolute Gasteiger partial charge is 0.0651 e. The van der Waals surface area contributed by atoms with Crippen LogP contribution in [0.4, 0.5) is 0 Å². The van der Waals surface area contributed by atoms with E-state index in [9.17, 15) is 0 Å². The first-order valence-electron chi connectivity index (χ1n) is 4.29. The maximum Gasteiger partial charge on any atom is -0.0206 e. The number of rotatable bonds is 2. The standard InChI is InChI=1S/C9H16/c1-4-7-8-6(3)9(7,8)5-2/h6-8H,4-5H2,1-3H3. The monoisotopic (exact) mass is 124 g/mol. The molecule has 2 aliphatic rings. The van der Waals surface area contributed by atoms with Gasteiger partial charge in [0.2, 0.25) is 0 Å². The Hall–Kier alpha value is 0. The van der Waals surface area contributed by atoms with Crippen molar-refractivity contribution < 1.29 is 0 Å². The predicted octanol–water partition coefficient (Wildman–Crippen LogP) is 2.69. The molecule has 0 heteroatoms. The summed E-state index contributed by atoms with van der Waals surface area (Å²) in [6, 6.07) is 0. The zero-order valence-corrected chi connectivity index (χ0v) is 6.65. The molecule has 4 atom stereocenters. The van der Waals surface area contributed by atoms with Crippen LogP contribution >= 0.6 is 0 Å². The summed E-state index contributed by atoms with van der Waals surface area (Å²) in [4.78, 5) is 0. The van der Waals surface area contributed by atoms with Crippen molar-refractivity contribution in [3.05, 3.63) is 0 Å². The van der Waals surface area contributed by atoms with Crippen molar-refractivity contribution in [1.82, 2.24) is 0 Å². The van der Waals surface area contributed by atoms with Crippen molar-refractivity contribution in [1.29, 1.82) is 0 Å². The average molecular weight is 124 g/mol. The van der Waals surface area contributed by atoms with E-state index in [0.717, 1.165) is 23.2 Å². The van der Waals surface area contributed by atoms with Crippen LogP contribution in [0.5, 0.6) is 0 Å². The number of hydrogen-bond donors (Lipinski definition) is 0. The average Bonchev–Trinajstić information content (AvgIpc) is 2.70. The summed E-state index contributed by atoms with van der Waals surface area (Å²) in [6.45, 7) is 7.10. The molecule has 2 aliphatic carbocycles. The lowest BCUT2D eigenvalue weighted by Crippen LogP contribution is -2.04.